The predicted molar refractivity (Wildman–Crippen MR) is 84.7 cm³/mol. The van der Waals surface area contributed by atoms with Crippen LogP contribution in [-0.4, -0.2) is 27.8 Å². The molecule has 2 aromatic heterocycles. The van der Waals surface area contributed by atoms with E-state index < -0.39 is 0 Å². The van der Waals surface area contributed by atoms with Gasteiger partial charge in [-0.05, 0) is 37.4 Å². The van der Waals surface area contributed by atoms with Crippen molar-refractivity contribution >= 4 is 11.3 Å². The highest BCUT2D eigenvalue weighted by atomic mass is 32.1. The Kier molecular flexibility index (Phi) is 4.96. The highest BCUT2D eigenvalue weighted by Crippen LogP contribution is 2.31. The Morgan fingerprint density at radius 2 is 2.25 bits per heavy atom. The number of aryl methyl sites for hydroxylation is 2. The Bertz CT molecular complexity index is 546. The van der Waals surface area contributed by atoms with Gasteiger partial charge in [-0.25, -0.2) is 0 Å². The van der Waals surface area contributed by atoms with Gasteiger partial charge in [0.2, 0.25) is 0 Å². The van der Waals surface area contributed by atoms with Crippen molar-refractivity contribution in [1.82, 2.24) is 14.7 Å². The Hall–Kier alpha value is -1.17. The SMILES string of the molecule is CCC(N)C(c1sccc1C)N(C)Cc1cnn(C)c1. The van der Waals surface area contributed by atoms with Crippen molar-refractivity contribution in [3.63, 3.8) is 0 Å². The molecule has 2 unspecified atom stereocenters. The van der Waals surface area contributed by atoms with Crippen LogP contribution < -0.4 is 5.73 Å². The molecule has 0 spiro atoms. The first kappa shape index (κ1) is 15.2. The standard InChI is InChI=1S/C15H24N4S/c1-5-13(16)14(15-11(2)6-7-20-15)18(3)9-12-8-17-19(4)10-12/h6-8,10,13-14H,5,9,16H2,1-4H3. The lowest BCUT2D eigenvalue weighted by atomic mass is 10.0. The molecular formula is C15H24N4S. The molecule has 20 heavy (non-hydrogen) atoms. The Balaban J connectivity index is 2.20. The summed E-state index contributed by atoms with van der Waals surface area (Å²) in [5.74, 6) is 0. The lowest BCUT2D eigenvalue weighted by molar-refractivity contribution is 0.204. The summed E-state index contributed by atoms with van der Waals surface area (Å²) < 4.78 is 1.84. The Labute approximate surface area is 125 Å². The molecule has 0 aliphatic carbocycles. The number of rotatable bonds is 6. The van der Waals surface area contributed by atoms with E-state index in [1.807, 2.05) is 17.9 Å². The number of likely N-dealkylation sites (N-methyl/N-ethyl adjacent to an activating group) is 1. The lowest BCUT2D eigenvalue weighted by Crippen LogP contribution is -2.38. The van der Waals surface area contributed by atoms with E-state index in [9.17, 15) is 0 Å². The predicted octanol–water partition coefficient (Wildman–Crippen LogP) is 2.70. The molecule has 5 heteroatoms. The molecule has 2 N–H and O–H groups in total. The summed E-state index contributed by atoms with van der Waals surface area (Å²) in [6, 6.07) is 2.59. The second-order valence-corrected chi connectivity index (χ2v) is 6.37. The first-order chi connectivity index (χ1) is 9.52. The topological polar surface area (TPSA) is 47.1 Å². The molecule has 0 radical (unpaired) electrons. The van der Waals surface area contributed by atoms with Crippen LogP contribution in [0.5, 0.6) is 0 Å². The molecule has 4 nitrogen and oxygen atoms in total. The molecule has 0 saturated heterocycles. The van der Waals surface area contributed by atoms with Gasteiger partial charge in [-0.3, -0.25) is 9.58 Å². The molecular weight excluding hydrogens is 268 g/mol. The molecule has 0 bridgehead atoms. The van der Waals surface area contributed by atoms with Gasteiger partial charge in [-0.1, -0.05) is 6.92 Å². The molecule has 0 aliphatic heterocycles. The minimum absolute atomic E-state index is 0.147. The van der Waals surface area contributed by atoms with E-state index in [-0.39, 0.29) is 12.1 Å². The van der Waals surface area contributed by atoms with Gasteiger partial charge in [-0.2, -0.15) is 5.10 Å². The van der Waals surface area contributed by atoms with Crippen LogP contribution in [0.1, 0.15) is 35.4 Å². The van der Waals surface area contributed by atoms with Gasteiger partial charge in [0.25, 0.3) is 0 Å². The van der Waals surface area contributed by atoms with E-state index >= 15 is 0 Å². The van der Waals surface area contributed by atoms with Crippen molar-refractivity contribution < 1.29 is 0 Å². The van der Waals surface area contributed by atoms with Crippen LogP contribution in [0.2, 0.25) is 0 Å². The minimum atomic E-state index is 0.147. The molecule has 2 aromatic rings. The smallest absolute Gasteiger partial charge is 0.0596 e. The number of aromatic nitrogens is 2. The summed E-state index contributed by atoms with van der Waals surface area (Å²) in [6.07, 6.45) is 4.96. The van der Waals surface area contributed by atoms with Crippen LogP contribution in [0, 0.1) is 6.92 Å². The molecule has 0 amide bonds. The van der Waals surface area contributed by atoms with Crippen molar-refractivity contribution in [3.05, 3.63) is 39.8 Å². The number of nitrogens with two attached hydrogens (primary N) is 1. The molecule has 0 fully saturated rings. The van der Waals surface area contributed by atoms with E-state index in [0.717, 1.165) is 13.0 Å². The quantitative estimate of drug-likeness (QED) is 0.890. The number of nitrogens with zero attached hydrogens (tertiary/aromatic N) is 3. The van der Waals surface area contributed by atoms with E-state index in [1.54, 1.807) is 11.3 Å². The maximum atomic E-state index is 6.38. The third-order valence-electron chi connectivity index (χ3n) is 3.71. The zero-order chi connectivity index (χ0) is 14.7. The van der Waals surface area contributed by atoms with Crippen LogP contribution >= 0.6 is 11.3 Å². The molecule has 2 rings (SSSR count). The van der Waals surface area contributed by atoms with E-state index in [0.29, 0.717) is 0 Å². The number of hydrogen-bond donors (Lipinski definition) is 1. The lowest BCUT2D eigenvalue weighted by Gasteiger charge is -2.32. The summed E-state index contributed by atoms with van der Waals surface area (Å²) in [7, 11) is 4.09. The normalized spacial score (nSPS) is 14.7. The highest BCUT2D eigenvalue weighted by Gasteiger charge is 2.25. The fourth-order valence-corrected chi connectivity index (χ4v) is 3.74. The average Bonchev–Trinajstić information content (AvgIpc) is 2.99. The second-order valence-electron chi connectivity index (χ2n) is 5.42. The first-order valence-corrected chi connectivity index (χ1v) is 7.88. The van der Waals surface area contributed by atoms with Crippen LogP contribution in [0.4, 0.5) is 0 Å². The monoisotopic (exact) mass is 292 g/mol. The summed E-state index contributed by atoms with van der Waals surface area (Å²) in [5.41, 5.74) is 8.94. The third kappa shape index (κ3) is 3.29. The van der Waals surface area contributed by atoms with E-state index in [1.165, 1.54) is 16.0 Å². The van der Waals surface area contributed by atoms with Crippen LogP contribution in [0.3, 0.4) is 0 Å². The summed E-state index contributed by atoms with van der Waals surface area (Å²) in [4.78, 5) is 3.72. The summed E-state index contributed by atoms with van der Waals surface area (Å²) in [6.45, 7) is 5.18. The third-order valence-corrected chi connectivity index (χ3v) is 4.80. The minimum Gasteiger partial charge on any atom is -0.326 e. The molecule has 0 aliphatic rings. The fraction of sp³-hybridized carbons (Fsp3) is 0.533. The van der Waals surface area contributed by atoms with Crippen molar-refractivity contribution in [3.8, 4) is 0 Å². The van der Waals surface area contributed by atoms with Crippen molar-refractivity contribution in [2.75, 3.05) is 7.05 Å². The van der Waals surface area contributed by atoms with E-state index in [4.69, 9.17) is 5.73 Å². The number of hydrogen-bond acceptors (Lipinski definition) is 4. The number of thiophene rings is 1. The first-order valence-electron chi connectivity index (χ1n) is 7.00. The van der Waals surface area contributed by atoms with E-state index in [2.05, 4.69) is 48.5 Å². The summed E-state index contributed by atoms with van der Waals surface area (Å²) >= 11 is 1.80. The van der Waals surface area contributed by atoms with Crippen molar-refractivity contribution in [2.24, 2.45) is 12.8 Å². The fourth-order valence-electron chi connectivity index (χ4n) is 2.57. The Morgan fingerprint density at radius 3 is 2.75 bits per heavy atom. The molecule has 110 valence electrons. The van der Waals surface area contributed by atoms with Gasteiger partial charge in [0, 0.05) is 36.3 Å². The van der Waals surface area contributed by atoms with Crippen LogP contribution in [0.25, 0.3) is 0 Å². The second kappa shape index (κ2) is 6.52. The largest absolute Gasteiger partial charge is 0.326 e. The van der Waals surface area contributed by atoms with Gasteiger partial charge in [-0.15, -0.1) is 11.3 Å². The van der Waals surface area contributed by atoms with Gasteiger partial charge in [0.15, 0.2) is 0 Å². The van der Waals surface area contributed by atoms with Gasteiger partial charge >= 0.3 is 0 Å². The van der Waals surface area contributed by atoms with Crippen LogP contribution in [-0.2, 0) is 13.6 Å². The molecule has 0 saturated carbocycles. The van der Waals surface area contributed by atoms with Gasteiger partial charge in [0.1, 0.15) is 0 Å². The Morgan fingerprint density at radius 1 is 1.50 bits per heavy atom. The molecule has 2 atom stereocenters. The average molecular weight is 292 g/mol. The zero-order valence-corrected chi connectivity index (χ0v) is 13.5. The van der Waals surface area contributed by atoms with Crippen molar-refractivity contribution in [1.29, 1.82) is 0 Å². The maximum Gasteiger partial charge on any atom is 0.0596 e. The maximum absolute atomic E-state index is 6.38. The van der Waals surface area contributed by atoms with Crippen molar-refractivity contribution in [2.45, 2.75) is 38.9 Å². The van der Waals surface area contributed by atoms with Crippen LogP contribution in [0.15, 0.2) is 23.8 Å². The molecule has 2 heterocycles. The summed E-state index contributed by atoms with van der Waals surface area (Å²) in [5, 5.41) is 6.39. The highest BCUT2D eigenvalue weighted by molar-refractivity contribution is 7.10. The molecule has 0 aromatic carbocycles. The zero-order valence-electron chi connectivity index (χ0n) is 12.7. The van der Waals surface area contributed by atoms with Gasteiger partial charge < -0.3 is 5.73 Å². The van der Waals surface area contributed by atoms with Gasteiger partial charge in [0.05, 0.1) is 12.2 Å².